The SMILES string of the molecule is C=Cc1cc(C)c(F)cc1C=C.CC. The molecular formula is C13H17F. The Hall–Kier alpha value is -1.37. The Bertz CT molecular complexity index is 291. The van der Waals surface area contributed by atoms with Crippen molar-refractivity contribution in [2.45, 2.75) is 20.8 Å². The molecule has 0 heterocycles. The molecule has 0 bridgehead atoms. The van der Waals surface area contributed by atoms with Crippen LogP contribution in [0.3, 0.4) is 0 Å². The van der Waals surface area contributed by atoms with Crippen LogP contribution in [-0.4, -0.2) is 0 Å². The van der Waals surface area contributed by atoms with E-state index in [9.17, 15) is 4.39 Å². The molecule has 0 aliphatic carbocycles. The van der Waals surface area contributed by atoms with Gasteiger partial charge in [0.15, 0.2) is 0 Å². The summed E-state index contributed by atoms with van der Waals surface area (Å²) in [4.78, 5) is 0. The van der Waals surface area contributed by atoms with Crippen molar-refractivity contribution in [3.63, 3.8) is 0 Å². The van der Waals surface area contributed by atoms with Gasteiger partial charge in [-0.15, -0.1) is 0 Å². The number of rotatable bonds is 2. The summed E-state index contributed by atoms with van der Waals surface area (Å²) < 4.78 is 13.0. The quantitative estimate of drug-likeness (QED) is 0.649. The Labute approximate surface area is 85.8 Å². The van der Waals surface area contributed by atoms with E-state index in [1.807, 2.05) is 13.8 Å². The molecule has 0 saturated heterocycles. The molecule has 0 fully saturated rings. The highest BCUT2D eigenvalue weighted by atomic mass is 19.1. The second-order valence-corrected chi connectivity index (χ2v) is 2.64. The molecule has 1 aromatic rings. The van der Waals surface area contributed by atoms with Gasteiger partial charge in [-0.2, -0.15) is 0 Å². The zero-order chi connectivity index (χ0) is 11.1. The summed E-state index contributed by atoms with van der Waals surface area (Å²) in [5, 5.41) is 0. The fourth-order valence-electron chi connectivity index (χ4n) is 1.07. The van der Waals surface area contributed by atoms with Gasteiger partial charge in [0.25, 0.3) is 0 Å². The van der Waals surface area contributed by atoms with Crippen molar-refractivity contribution in [1.29, 1.82) is 0 Å². The monoisotopic (exact) mass is 192 g/mol. The van der Waals surface area contributed by atoms with E-state index < -0.39 is 0 Å². The summed E-state index contributed by atoms with van der Waals surface area (Å²) in [7, 11) is 0. The molecule has 0 spiro atoms. The van der Waals surface area contributed by atoms with Crippen LogP contribution in [0, 0.1) is 12.7 Å². The van der Waals surface area contributed by atoms with E-state index in [1.54, 1.807) is 25.1 Å². The number of hydrogen-bond donors (Lipinski definition) is 0. The summed E-state index contributed by atoms with van der Waals surface area (Å²) in [5.74, 6) is -0.199. The summed E-state index contributed by atoms with van der Waals surface area (Å²) in [6.45, 7) is 13.0. The maximum Gasteiger partial charge on any atom is 0.126 e. The standard InChI is InChI=1S/C11H11F.C2H6/c1-4-9-6-8(3)11(12)7-10(9)5-2;1-2/h4-7H,1-2H2,3H3;1-2H3. The first-order valence-electron chi connectivity index (χ1n) is 4.74. The highest BCUT2D eigenvalue weighted by molar-refractivity contribution is 5.64. The molecule has 0 saturated carbocycles. The number of halogens is 1. The number of aryl methyl sites for hydroxylation is 1. The van der Waals surface area contributed by atoms with Gasteiger partial charge in [-0.25, -0.2) is 4.39 Å². The normalized spacial score (nSPS) is 8.57. The van der Waals surface area contributed by atoms with E-state index in [0.717, 1.165) is 11.1 Å². The zero-order valence-electron chi connectivity index (χ0n) is 9.10. The summed E-state index contributed by atoms with van der Waals surface area (Å²) in [6.07, 6.45) is 3.32. The topological polar surface area (TPSA) is 0 Å². The number of hydrogen-bond acceptors (Lipinski definition) is 0. The van der Waals surface area contributed by atoms with Gasteiger partial charge >= 0.3 is 0 Å². The summed E-state index contributed by atoms with van der Waals surface area (Å²) >= 11 is 0. The molecule has 76 valence electrons. The lowest BCUT2D eigenvalue weighted by atomic mass is 10.0. The van der Waals surface area contributed by atoms with Crippen molar-refractivity contribution in [3.05, 3.63) is 47.8 Å². The van der Waals surface area contributed by atoms with Crippen molar-refractivity contribution in [2.75, 3.05) is 0 Å². The molecule has 14 heavy (non-hydrogen) atoms. The van der Waals surface area contributed by atoms with Crippen LogP contribution < -0.4 is 0 Å². The second-order valence-electron chi connectivity index (χ2n) is 2.64. The predicted molar refractivity (Wildman–Crippen MR) is 62.7 cm³/mol. The van der Waals surface area contributed by atoms with E-state index in [4.69, 9.17) is 0 Å². The molecule has 0 radical (unpaired) electrons. The first-order valence-corrected chi connectivity index (χ1v) is 4.74. The highest BCUT2D eigenvalue weighted by Gasteiger charge is 2.01. The van der Waals surface area contributed by atoms with Crippen LogP contribution in [0.1, 0.15) is 30.5 Å². The molecular weight excluding hydrogens is 175 g/mol. The molecule has 1 aromatic carbocycles. The first-order chi connectivity index (χ1) is 6.69. The van der Waals surface area contributed by atoms with Crippen molar-refractivity contribution < 1.29 is 4.39 Å². The Balaban J connectivity index is 0.000000791. The van der Waals surface area contributed by atoms with E-state index in [1.165, 1.54) is 6.07 Å². The van der Waals surface area contributed by atoms with Crippen molar-refractivity contribution in [1.82, 2.24) is 0 Å². The molecule has 1 rings (SSSR count). The van der Waals surface area contributed by atoms with Crippen LogP contribution >= 0.6 is 0 Å². The van der Waals surface area contributed by atoms with E-state index >= 15 is 0 Å². The van der Waals surface area contributed by atoms with Crippen molar-refractivity contribution in [2.24, 2.45) is 0 Å². The molecule has 0 N–H and O–H groups in total. The fraction of sp³-hybridized carbons (Fsp3) is 0.231. The van der Waals surface area contributed by atoms with E-state index in [-0.39, 0.29) is 5.82 Å². The molecule has 1 heteroatoms. The van der Waals surface area contributed by atoms with Crippen LogP contribution in [0.5, 0.6) is 0 Å². The molecule has 0 amide bonds. The Morgan fingerprint density at radius 3 is 1.93 bits per heavy atom. The number of benzene rings is 1. The van der Waals surface area contributed by atoms with E-state index in [0.29, 0.717) is 5.56 Å². The van der Waals surface area contributed by atoms with Gasteiger partial charge in [-0.1, -0.05) is 39.2 Å². The molecule has 0 atom stereocenters. The lowest BCUT2D eigenvalue weighted by molar-refractivity contribution is 0.618. The van der Waals surface area contributed by atoms with Crippen LogP contribution in [0.2, 0.25) is 0 Å². The van der Waals surface area contributed by atoms with Crippen LogP contribution in [-0.2, 0) is 0 Å². The van der Waals surface area contributed by atoms with Gasteiger partial charge in [0.2, 0.25) is 0 Å². The predicted octanol–water partition coefficient (Wildman–Crippen LogP) is 4.45. The maximum absolute atomic E-state index is 13.0. The van der Waals surface area contributed by atoms with Gasteiger partial charge in [0.1, 0.15) is 5.82 Å². The third-order valence-electron chi connectivity index (χ3n) is 1.80. The average Bonchev–Trinajstić information content (AvgIpc) is 2.24. The van der Waals surface area contributed by atoms with Crippen LogP contribution in [0.15, 0.2) is 25.3 Å². The average molecular weight is 192 g/mol. The third kappa shape index (κ3) is 2.84. The minimum absolute atomic E-state index is 0.199. The second kappa shape index (κ2) is 6.14. The summed E-state index contributed by atoms with van der Waals surface area (Å²) in [6, 6.07) is 3.23. The van der Waals surface area contributed by atoms with Gasteiger partial charge in [0.05, 0.1) is 0 Å². The largest absolute Gasteiger partial charge is 0.207 e. The van der Waals surface area contributed by atoms with Gasteiger partial charge in [-0.3, -0.25) is 0 Å². The Morgan fingerprint density at radius 2 is 1.50 bits per heavy atom. The molecule has 0 aliphatic heterocycles. The fourth-order valence-corrected chi connectivity index (χ4v) is 1.07. The Morgan fingerprint density at radius 1 is 1.07 bits per heavy atom. The maximum atomic E-state index is 13.0. The van der Waals surface area contributed by atoms with E-state index in [2.05, 4.69) is 13.2 Å². The van der Waals surface area contributed by atoms with Gasteiger partial charge < -0.3 is 0 Å². The van der Waals surface area contributed by atoms with Gasteiger partial charge in [-0.05, 0) is 35.7 Å². The van der Waals surface area contributed by atoms with Crippen LogP contribution in [0.25, 0.3) is 12.2 Å². The molecule has 0 aromatic heterocycles. The Kier molecular flexibility index (Phi) is 5.54. The minimum Gasteiger partial charge on any atom is -0.207 e. The first kappa shape index (κ1) is 12.6. The van der Waals surface area contributed by atoms with Crippen molar-refractivity contribution in [3.8, 4) is 0 Å². The zero-order valence-corrected chi connectivity index (χ0v) is 9.10. The molecule has 0 nitrogen and oxygen atoms in total. The third-order valence-corrected chi connectivity index (χ3v) is 1.80. The van der Waals surface area contributed by atoms with Crippen LogP contribution in [0.4, 0.5) is 4.39 Å². The highest BCUT2D eigenvalue weighted by Crippen LogP contribution is 2.17. The molecule has 0 aliphatic rings. The minimum atomic E-state index is -0.199. The van der Waals surface area contributed by atoms with Gasteiger partial charge in [0, 0.05) is 0 Å². The lowest BCUT2D eigenvalue weighted by Crippen LogP contribution is -1.87. The molecule has 0 unspecified atom stereocenters. The lowest BCUT2D eigenvalue weighted by Gasteiger charge is -2.03. The van der Waals surface area contributed by atoms with Crippen molar-refractivity contribution >= 4 is 12.2 Å². The summed E-state index contributed by atoms with van der Waals surface area (Å²) in [5.41, 5.74) is 2.34. The smallest absolute Gasteiger partial charge is 0.126 e.